The number of benzene rings is 1. The Hall–Kier alpha value is -1.09. The number of aromatic amines is 1. The van der Waals surface area contributed by atoms with Crippen molar-refractivity contribution in [2.75, 3.05) is 0 Å². The summed E-state index contributed by atoms with van der Waals surface area (Å²) in [7, 11) is 0. The van der Waals surface area contributed by atoms with Crippen LogP contribution in [0.1, 0.15) is 55.6 Å². The van der Waals surface area contributed by atoms with Crippen LogP contribution < -0.4 is 0 Å². The molecule has 3 heteroatoms. The van der Waals surface area contributed by atoms with Crippen LogP contribution in [0.15, 0.2) is 28.7 Å². The quantitative estimate of drug-likeness (QED) is 0.788. The van der Waals surface area contributed by atoms with Gasteiger partial charge in [-0.25, -0.2) is 0 Å². The van der Waals surface area contributed by atoms with Crippen molar-refractivity contribution in [1.82, 2.24) is 10.2 Å². The van der Waals surface area contributed by atoms with E-state index in [1.165, 1.54) is 48.2 Å². The zero-order valence-corrected chi connectivity index (χ0v) is 13.8. The maximum atomic E-state index is 4.67. The van der Waals surface area contributed by atoms with E-state index in [4.69, 9.17) is 0 Å². The van der Waals surface area contributed by atoms with Crippen molar-refractivity contribution < 1.29 is 0 Å². The molecule has 0 bridgehead atoms. The first kappa shape index (κ1) is 13.9. The molecular formula is C17H21BrN2. The summed E-state index contributed by atoms with van der Waals surface area (Å²) in [5.74, 6) is 0. The number of hydrogen-bond acceptors (Lipinski definition) is 1. The predicted octanol–water partition coefficient (Wildman–Crippen LogP) is 4.77. The summed E-state index contributed by atoms with van der Waals surface area (Å²) in [5, 5.41) is 7.97. The third-order valence-corrected chi connectivity index (χ3v) is 4.99. The smallest absolute Gasteiger partial charge is 0.0756 e. The summed E-state index contributed by atoms with van der Waals surface area (Å²) >= 11 is 3.51. The molecule has 106 valence electrons. The number of nitrogens with zero attached hydrogens (tertiary/aromatic N) is 1. The van der Waals surface area contributed by atoms with Gasteiger partial charge in [0.05, 0.1) is 5.69 Å². The van der Waals surface area contributed by atoms with Gasteiger partial charge in [0, 0.05) is 15.6 Å². The minimum absolute atomic E-state index is 0.0465. The second kappa shape index (κ2) is 5.36. The van der Waals surface area contributed by atoms with Crippen LogP contribution in [0.25, 0.3) is 0 Å². The molecule has 0 fully saturated rings. The molecule has 1 aliphatic carbocycles. The Balaban J connectivity index is 2.03. The van der Waals surface area contributed by atoms with Gasteiger partial charge in [-0.05, 0) is 48.9 Å². The fourth-order valence-corrected chi connectivity index (χ4v) is 3.44. The van der Waals surface area contributed by atoms with Gasteiger partial charge >= 0.3 is 0 Å². The minimum Gasteiger partial charge on any atom is -0.282 e. The second-order valence-electron chi connectivity index (χ2n) is 6.22. The molecule has 0 spiro atoms. The Labute approximate surface area is 129 Å². The fourth-order valence-electron chi connectivity index (χ4n) is 3.18. The summed E-state index contributed by atoms with van der Waals surface area (Å²) in [6.07, 6.45) is 6.23. The Bertz CT molecular complexity index is 596. The Morgan fingerprint density at radius 2 is 1.75 bits per heavy atom. The van der Waals surface area contributed by atoms with Crippen LogP contribution >= 0.6 is 15.9 Å². The van der Waals surface area contributed by atoms with Crippen LogP contribution in [0, 0.1) is 0 Å². The number of rotatable bonds is 2. The predicted molar refractivity (Wildman–Crippen MR) is 86.1 cm³/mol. The van der Waals surface area contributed by atoms with Crippen molar-refractivity contribution in [3.8, 4) is 0 Å². The van der Waals surface area contributed by atoms with E-state index in [1.54, 1.807) is 0 Å². The first-order valence-electron chi connectivity index (χ1n) is 7.41. The average Bonchev–Trinajstić information content (AvgIpc) is 2.70. The first-order chi connectivity index (χ1) is 9.59. The Kier molecular flexibility index (Phi) is 3.72. The summed E-state index contributed by atoms with van der Waals surface area (Å²) in [5.41, 5.74) is 5.34. The lowest BCUT2D eigenvalue weighted by atomic mass is 9.79. The van der Waals surface area contributed by atoms with E-state index in [-0.39, 0.29) is 5.41 Å². The minimum atomic E-state index is -0.0465. The van der Waals surface area contributed by atoms with Crippen LogP contribution in [0.2, 0.25) is 0 Å². The van der Waals surface area contributed by atoms with E-state index in [0.717, 1.165) is 10.9 Å². The molecule has 1 heterocycles. The van der Waals surface area contributed by atoms with Gasteiger partial charge in [0.2, 0.25) is 0 Å². The standard InChI is InChI=1S/C17H21BrN2/c1-17(2,12-8-10-13(18)11-9-12)16-14-6-4-3-5-7-15(14)19-20-16/h8-11H,3-7H2,1-2H3,(H,19,20). The van der Waals surface area contributed by atoms with E-state index in [2.05, 4.69) is 64.2 Å². The molecule has 0 saturated heterocycles. The Morgan fingerprint density at radius 3 is 2.50 bits per heavy atom. The molecule has 2 aromatic rings. The van der Waals surface area contributed by atoms with E-state index in [9.17, 15) is 0 Å². The highest BCUT2D eigenvalue weighted by Crippen LogP contribution is 2.35. The van der Waals surface area contributed by atoms with Gasteiger partial charge in [-0.3, -0.25) is 5.10 Å². The van der Waals surface area contributed by atoms with Gasteiger partial charge in [-0.1, -0.05) is 48.3 Å². The molecule has 1 aromatic heterocycles. The van der Waals surface area contributed by atoms with Gasteiger partial charge < -0.3 is 0 Å². The van der Waals surface area contributed by atoms with Gasteiger partial charge in [0.1, 0.15) is 0 Å². The second-order valence-corrected chi connectivity index (χ2v) is 7.14. The number of aryl methyl sites for hydroxylation is 1. The molecule has 1 aromatic carbocycles. The molecule has 0 saturated carbocycles. The number of nitrogens with one attached hydrogen (secondary N) is 1. The highest BCUT2D eigenvalue weighted by molar-refractivity contribution is 9.10. The zero-order chi connectivity index (χ0) is 14.2. The molecule has 1 aliphatic rings. The summed E-state index contributed by atoms with van der Waals surface area (Å²) < 4.78 is 1.12. The maximum Gasteiger partial charge on any atom is 0.0756 e. The molecule has 3 rings (SSSR count). The number of hydrogen-bond donors (Lipinski definition) is 1. The molecule has 0 unspecified atom stereocenters. The molecular weight excluding hydrogens is 312 g/mol. The van der Waals surface area contributed by atoms with Gasteiger partial charge in [-0.2, -0.15) is 5.10 Å². The van der Waals surface area contributed by atoms with Gasteiger partial charge in [0.15, 0.2) is 0 Å². The van der Waals surface area contributed by atoms with Crippen molar-refractivity contribution in [1.29, 1.82) is 0 Å². The van der Waals surface area contributed by atoms with E-state index in [0.29, 0.717) is 0 Å². The lowest BCUT2D eigenvalue weighted by Gasteiger charge is -2.25. The zero-order valence-electron chi connectivity index (χ0n) is 12.2. The van der Waals surface area contributed by atoms with Crippen molar-refractivity contribution in [2.45, 2.75) is 51.4 Å². The maximum absolute atomic E-state index is 4.67. The summed E-state index contributed by atoms with van der Waals surface area (Å²) in [4.78, 5) is 0. The van der Waals surface area contributed by atoms with Crippen LogP contribution in [-0.4, -0.2) is 10.2 Å². The monoisotopic (exact) mass is 332 g/mol. The summed E-state index contributed by atoms with van der Waals surface area (Å²) in [6.45, 7) is 4.55. The van der Waals surface area contributed by atoms with Crippen molar-refractivity contribution in [3.63, 3.8) is 0 Å². The molecule has 1 N–H and O–H groups in total. The van der Waals surface area contributed by atoms with Crippen molar-refractivity contribution >= 4 is 15.9 Å². The van der Waals surface area contributed by atoms with E-state index in [1.807, 2.05) is 0 Å². The van der Waals surface area contributed by atoms with Gasteiger partial charge in [-0.15, -0.1) is 0 Å². The lowest BCUT2D eigenvalue weighted by Crippen LogP contribution is -2.21. The molecule has 0 atom stereocenters. The fraction of sp³-hybridized carbons (Fsp3) is 0.471. The molecule has 0 radical (unpaired) electrons. The molecule has 2 nitrogen and oxygen atoms in total. The Morgan fingerprint density at radius 1 is 1.05 bits per heavy atom. The normalized spacial score (nSPS) is 15.8. The molecule has 20 heavy (non-hydrogen) atoms. The molecule has 0 aliphatic heterocycles. The highest BCUT2D eigenvalue weighted by atomic mass is 79.9. The highest BCUT2D eigenvalue weighted by Gasteiger charge is 2.30. The van der Waals surface area contributed by atoms with Crippen LogP contribution in [0.4, 0.5) is 0 Å². The molecule has 0 amide bonds. The van der Waals surface area contributed by atoms with Crippen LogP contribution in [-0.2, 0) is 18.3 Å². The topological polar surface area (TPSA) is 28.7 Å². The largest absolute Gasteiger partial charge is 0.282 e. The van der Waals surface area contributed by atoms with E-state index < -0.39 is 0 Å². The van der Waals surface area contributed by atoms with Crippen LogP contribution in [0.5, 0.6) is 0 Å². The number of fused-ring (bicyclic) bond motifs is 1. The van der Waals surface area contributed by atoms with Crippen molar-refractivity contribution in [2.24, 2.45) is 0 Å². The van der Waals surface area contributed by atoms with Gasteiger partial charge in [0.25, 0.3) is 0 Å². The van der Waals surface area contributed by atoms with E-state index >= 15 is 0 Å². The van der Waals surface area contributed by atoms with Crippen LogP contribution in [0.3, 0.4) is 0 Å². The first-order valence-corrected chi connectivity index (χ1v) is 8.21. The SMILES string of the molecule is CC(C)(c1ccc(Br)cc1)c1n[nH]c2c1CCCCC2. The third kappa shape index (κ3) is 2.44. The van der Waals surface area contributed by atoms with Crippen molar-refractivity contribution in [3.05, 3.63) is 51.3 Å². The number of aromatic nitrogens is 2. The third-order valence-electron chi connectivity index (χ3n) is 4.46. The summed E-state index contributed by atoms with van der Waals surface area (Å²) in [6, 6.07) is 8.62. The lowest BCUT2D eigenvalue weighted by molar-refractivity contribution is 0.600. The number of halogens is 1. The number of H-pyrrole nitrogens is 1. The average molecular weight is 333 g/mol.